The van der Waals surface area contributed by atoms with Gasteiger partial charge in [0.1, 0.15) is 23.6 Å². The van der Waals surface area contributed by atoms with Crippen molar-refractivity contribution in [1.82, 2.24) is 0 Å². The number of phenolic OH excluding ortho intramolecular Hbond substituents is 1. The van der Waals surface area contributed by atoms with Gasteiger partial charge < -0.3 is 25.8 Å². The molecule has 0 aliphatic carbocycles. The Morgan fingerprint density at radius 2 is 1.64 bits per heavy atom. The number of carbonyl (C=O) groups excluding carboxylic acids is 2. The van der Waals surface area contributed by atoms with Gasteiger partial charge in [-0.1, -0.05) is 38.4 Å². The highest BCUT2D eigenvalue weighted by molar-refractivity contribution is 6.32. The molecule has 3 aromatic rings. The number of anilines is 3. The van der Waals surface area contributed by atoms with Crippen molar-refractivity contribution in [3.05, 3.63) is 76.3 Å². The lowest BCUT2D eigenvalue weighted by Crippen LogP contribution is -2.30. The molecule has 3 amide bonds. The second-order valence-corrected chi connectivity index (χ2v) is 9.83. The third-order valence-electron chi connectivity index (χ3n) is 6.30. The van der Waals surface area contributed by atoms with Crippen LogP contribution in [0.3, 0.4) is 0 Å². The van der Waals surface area contributed by atoms with Gasteiger partial charge in [0.2, 0.25) is 0 Å². The van der Waals surface area contributed by atoms with E-state index in [1.165, 1.54) is 36.4 Å². The predicted octanol–water partition coefficient (Wildman–Crippen LogP) is 6.53. The molecule has 1 atom stereocenters. The van der Waals surface area contributed by atoms with Crippen molar-refractivity contribution < 1.29 is 19.4 Å². The largest absolute Gasteiger partial charge is 0.506 e. The molecule has 0 bridgehead atoms. The van der Waals surface area contributed by atoms with Crippen LogP contribution in [0.25, 0.3) is 0 Å². The minimum atomic E-state index is -0.885. The Labute approximate surface area is 232 Å². The maximum absolute atomic E-state index is 12.7. The lowest BCUT2D eigenvalue weighted by Gasteiger charge is -2.24. The maximum atomic E-state index is 12.7. The molecule has 4 N–H and O–H groups in total. The van der Waals surface area contributed by atoms with Crippen LogP contribution in [0, 0.1) is 22.7 Å². The van der Waals surface area contributed by atoms with Crippen molar-refractivity contribution in [2.24, 2.45) is 0 Å². The standard InChI is InChI=1S/C29H28ClN5O4/c1-5-29(3,4)20-7-11-26(23(30)13-20)39-17(2)27(37)33-22-9-10-24(25(36)14-22)35-28(38)34-21-8-6-18(15-31)19(12-21)16-32/h6-14,17,36H,5H2,1-4H3,(H,33,37)(H2,34,35,38). The third-order valence-corrected chi connectivity index (χ3v) is 6.60. The van der Waals surface area contributed by atoms with E-state index in [-0.39, 0.29) is 33.7 Å². The molecule has 0 radical (unpaired) electrons. The summed E-state index contributed by atoms with van der Waals surface area (Å²) >= 11 is 6.40. The zero-order valence-electron chi connectivity index (χ0n) is 21.9. The Kier molecular flexibility index (Phi) is 9.03. The van der Waals surface area contributed by atoms with Gasteiger partial charge in [0.25, 0.3) is 5.91 Å². The average molecular weight is 546 g/mol. The SMILES string of the molecule is CCC(C)(C)c1ccc(OC(C)C(=O)Nc2ccc(NC(=O)Nc3ccc(C#N)c(C#N)c3)c(O)c2)c(Cl)c1. The first kappa shape index (κ1) is 28.8. The van der Waals surface area contributed by atoms with Crippen LogP contribution in [0.5, 0.6) is 11.5 Å². The number of halogens is 1. The molecule has 3 rings (SSSR count). The van der Waals surface area contributed by atoms with Gasteiger partial charge in [-0.25, -0.2) is 4.79 Å². The molecule has 0 fully saturated rings. The van der Waals surface area contributed by atoms with E-state index in [9.17, 15) is 14.7 Å². The summed E-state index contributed by atoms with van der Waals surface area (Å²) in [6, 6.07) is 17.1. The van der Waals surface area contributed by atoms with Crippen LogP contribution >= 0.6 is 11.6 Å². The first-order chi connectivity index (χ1) is 18.5. The van der Waals surface area contributed by atoms with Crippen LogP contribution in [-0.4, -0.2) is 23.1 Å². The summed E-state index contributed by atoms with van der Waals surface area (Å²) < 4.78 is 5.76. The molecular weight excluding hydrogens is 518 g/mol. The Morgan fingerprint density at radius 3 is 2.26 bits per heavy atom. The lowest BCUT2D eigenvalue weighted by atomic mass is 9.82. The average Bonchev–Trinajstić information content (AvgIpc) is 2.91. The van der Waals surface area contributed by atoms with E-state index < -0.39 is 18.0 Å². The highest BCUT2D eigenvalue weighted by Crippen LogP contribution is 2.34. The third kappa shape index (κ3) is 7.19. The number of nitrogens with zero attached hydrogens (tertiary/aromatic N) is 2. The minimum absolute atomic E-state index is 0.0422. The van der Waals surface area contributed by atoms with Crippen LogP contribution < -0.4 is 20.7 Å². The molecule has 200 valence electrons. The fourth-order valence-corrected chi connectivity index (χ4v) is 3.75. The van der Waals surface area contributed by atoms with Gasteiger partial charge in [-0.05, 0) is 66.8 Å². The number of nitrogens with one attached hydrogen (secondary N) is 3. The number of phenols is 1. The highest BCUT2D eigenvalue weighted by Gasteiger charge is 2.21. The number of ether oxygens (including phenoxy) is 1. The van der Waals surface area contributed by atoms with Crippen molar-refractivity contribution in [2.75, 3.05) is 16.0 Å². The number of nitriles is 2. The smallest absolute Gasteiger partial charge is 0.323 e. The molecule has 0 heterocycles. The zero-order valence-corrected chi connectivity index (χ0v) is 22.7. The van der Waals surface area contributed by atoms with E-state index in [2.05, 4.69) is 36.7 Å². The van der Waals surface area contributed by atoms with Crippen molar-refractivity contribution in [1.29, 1.82) is 10.5 Å². The molecule has 3 aromatic carbocycles. The van der Waals surface area contributed by atoms with Gasteiger partial charge in [-0.15, -0.1) is 0 Å². The number of amides is 3. The van der Waals surface area contributed by atoms with E-state index >= 15 is 0 Å². The Bertz CT molecular complexity index is 1490. The number of rotatable bonds is 8. The molecule has 10 heteroatoms. The molecule has 0 aromatic heterocycles. The summed E-state index contributed by atoms with van der Waals surface area (Å²) in [7, 11) is 0. The summed E-state index contributed by atoms with van der Waals surface area (Å²) in [6.45, 7) is 7.93. The number of benzene rings is 3. The molecule has 0 saturated carbocycles. The van der Waals surface area contributed by atoms with Crippen molar-refractivity contribution in [2.45, 2.75) is 45.6 Å². The number of carbonyl (C=O) groups is 2. The molecule has 1 unspecified atom stereocenters. The topological polar surface area (TPSA) is 147 Å². The maximum Gasteiger partial charge on any atom is 0.323 e. The predicted molar refractivity (Wildman–Crippen MR) is 150 cm³/mol. The highest BCUT2D eigenvalue weighted by atomic mass is 35.5. The van der Waals surface area contributed by atoms with E-state index in [1.54, 1.807) is 13.0 Å². The number of urea groups is 1. The fraction of sp³-hybridized carbons (Fsp3) is 0.241. The quantitative estimate of drug-likeness (QED) is 0.237. The number of aromatic hydroxyl groups is 1. The first-order valence-corrected chi connectivity index (χ1v) is 12.5. The van der Waals surface area contributed by atoms with Gasteiger partial charge in [-0.3, -0.25) is 4.79 Å². The second-order valence-electron chi connectivity index (χ2n) is 9.43. The molecule has 0 aliphatic heterocycles. The van der Waals surface area contributed by atoms with Gasteiger partial charge in [-0.2, -0.15) is 10.5 Å². The summed E-state index contributed by atoms with van der Waals surface area (Å²) in [5.41, 5.74) is 2.01. The van der Waals surface area contributed by atoms with Crippen molar-refractivity contribution in [3.8, 4) is 23.6 Å². The van der Waals surface area contributed by atoms with E-state index in [0.29, 0.717) is 16.5 Å². The normalized spacial score (nSPS) is 11.5. The molecule has 39 heavy (non-hydrogen) atoms. The summed E-state index contributed by atoms with van der Waals surface area (Å²) in [4.78, 5) is 25.0. The van der Waals surface area contributed by atoms with E-state index in [1.807, 2.05) is 24.3 Å². The van der Waals surface area contributed by atoms with Gasteiger partial charge >= 0.3 is 6.03 Å². The summed E-state index contributed by atoms with van der Waals surface area (Å²) in [5.74, 6) is -0.366. The number of hydrogen-bond donors (Lipinski definition) is 4. The minimum Gasteiger partial charge on any atom is -0.506 e. The van der Waals surface area contributed by atoms with Gasteiger partial charge in [0, 0.05) is 17.4 Å². The van der Waals surface area contributed by atoms with E-state index in [0.717, 1.165) is 12.0 Å². The van der Waals surface area contributed by atoms with E-state index in [4.69, 9.17) is 26.9 Å². The zero-order chi connectivity index (χ0) is 28.7. The van der Waals surface area contributed by atoms with Crippen molar-refractivity contribution in [3.63, 3.8) is 0 Å². The Hall–Kier alpha value is -4.73. The van der Waals surface area contributed by atoms with Crippen LogP contribution in [-0.2, 0) is 10.2 Å². The van der Waals surface area contributed by atoms with Crippen LogP contribution in [0.1, 0.15) is 50.8 Å². The van der Waals surface area contributed by atoms with Crippen LogP contribution in [0.2, 0.25) is 5.02 Å². The first-order valence-electron chi connectivity index (χ1n) is 12.1. The Balaban J connectivity index is 1.61. The monoisotopic (exact) mass is 545 g/mol. The van der Waals surface area contributed by atoms with Crippen LogP contribution in [0.4, 0.5) is 21.9 Å². The molecule has 9 nitrogen and oxygen atoms in total. The molecule has 0 saturated heterocycles. The molecule has 0 spiro atoms. The Morgan fingerprint density at radius 1 is 0.974 bits per heavy atom. The van der Waals surface area contributed by atoms with Crippen molar-refractivity contribution >= 4 is 40.6 Å². The molecular formula is C29H28ClN5O4. The second kappa shape index (κ2) is 12.2. The van der Waals surface area contributed by atoms with Gasteiger partial charge in [0.05, 0.1) is 21.8 Å². The summed E-state index contributed by atoms with van der Waals surface area (Å²) in [5, 5.41) is 36.6. The lowest BCUT2D eigenvalue weighted by molar-refractivity contribution is -0.122. The number of hydrogen-bond acceptors (Lipinski definition) is 6. The van der Waals surface area contributed by atoms with Crippen LogP contribution in [0.15, 0.2) is 54.6 Å². The molecule has 0 aliphatic rings. The fourth-order valence-electron chi connectivity index (χ4n) is 3.52. The van der Waals surface area contributed by atoms with Gasteiger partial charge in [0.15, 0.2) is 6.10 Å². The summed E-state index contributed by atoms with van der Waals surface area (Å²) in [6.07, 6.45) is 0.0538.